The van der Waals surface area contributed by atoms with Crippen molar-refractivity contribution in [2.24, 2.45) is 0 Å². The molecule has 0 saturated heterocycles. The van der Waals surface area contributed by atoms with Crippen LogP contribution in [0.4, 0.5) is 0 Å². The predicted octanol–water partition coefficient (Wildman–Crippen LogP) is 3.56. The van der Waals surface area contributed by atoms with Crippen LogP contribution in [0.3, 0.4) is 0 Å². The van der Waals surface area contributed by atoms with Crippen LogP contribution in [-0.2, 0) is 11.2 Å². The van der Waals surface area contributed by atoms with Gasteiger partial charge in [0.2, 0.25) is 5.91 Å². The highest BCUT2D eigenvalue weighted by Gasteiger charge is 2.06. The number of nitrogens with one attached hydrogen (secondary N) is 2. The van der Waals surface area contributed by atoms with Gasteiger partial charge in [-0.15, -0.1) is 11.3 Å². The van der Waals surface area contributed by atoms with Crippen molar-refractivity contribution in [3.63, 3.8) is 0 Å². The number of fused-ring (bicyclic) bond motifs is 1. The minimum Gasteiger partial charge on any atom is -0.354 e. The molecule has 0 saturated carbocycles. The normalized spacial score (nSPS) is 10.7. The average molecular weight is 382 g/mol. The molecular weight excluding hydrogens is 358 g/mol. The molecule has 0 bridgehead atoms. The fraction of sp³-hybridized carbons (Fsp3) is 0.286. The summed E-state index contributed by atoms with van der Waals surface area (Å²) in [7, 11) is 0. The summed E-state index contributed by atoms with van der Waals surface area (Å²) in [6.45, 7) is 0.862. The van der Waals surface area contributed by atoms with E-state index in [9.17, 15) is 9.59 Å². The maximum atomic E-state index is 11.9. The Kier molecular flexibility index (Phi) is 6.93. The molecular formula is C21H23N3O2S. The fourth-order valence-corrected chi connectivity index (χ4v) is 3.76. The lowest BCUT2D eigenvalue weighted by Gasteiger charge is -2.07. The molecule has 2 N–H and O–H groups in total. The second-order valence-electron chi connectivity index (χ2n) is 6.25. The van der Waals surface area contributed by atoms with Crippen LogP contribution in [0.15, 0.2) is 54.6 Å². The number of benzene rings is 2. The Bertz CT molecular complexity index is 860. The quantitative estimate of drug-likeness (QED) is 0.557. The third-order valence-corrected chi connectivity index (χ3v) is 5.25. The van der Waals surface area contributed by atoms with Gasteiger partial charge in [-0.05, 0) is 43.5 Å². The Morgan fingerprint density at radius 2 is 1.63 bits per heavy atom. The van der Waals surface area contributed by atoms with Crippen molar-refractivity contribution in [3.8, 4) is 0 Å². The summed E-state index contributed by atoms with van der Waals surface area (Å²) < 4.78 is 1.21. The molecule has 0 aliphatic carbocycles. The van der Waals surface area contributed by atoms with Crippen LogP contribution < -0.4 is 10.6 Å². The SMILES string of the molecule is O=C(CCCCc1nc2ccccc2s1)NCCNC(=O)c1ccccc1. The number of carbonyl (C=O) groups is 2. The van der Waals surface area contributed by atoms with Crippen molar-refractivity contribution in [1.29, 1.82) is 0 Å². The van der Waals surface area contributed by atoms with Crippen LogP contribution in [-0.4, -0.2) is 29.9 Å². The zero-order chi connectivity index (χ0) is 18.9. The van der Waals surface area contributed by atoms with E-state index in [0.29, 0.717) is 25.1 Å². The highest BCUT2D eigenvalue weighted by Crippen LogP contribution is 2.22. The van der Waals surface area contributed by atoms with E-state index in [4.69, 9.17) is 0 Å². The summed E-state index contributed by atoms with van der Waals surface area (Å²) in [4.78, 5) is 28.4. The van der Waals surface area contributed by atoms with Crippen molar-refractivity contribution < 1.29 is 9.59 Å². The van der Waals surface area contributed by atoms with Crippen LogP contribution in [0.25, 0.3) is 10.2 Å². The number of aromatic nitrogens is 1. The maximum absolute atomic E-state index is 11.9. The van der Waals surface area contributed by atoms with E-state index in [0.717, 1.165) is 29.8 Å². The number of rotatable bonds is 9. The van der Waals surface area contributed by atoms with Gasteiger partial charge in [0, 0.05) is 25.1 Å². The number of thiazole rings is 1. The van der Waals surface area contributed by atoms with Gasteiger partial charge in [-0.1, -0.05) is 30.3 Å². The Labute approximate surface area is 162 Å². The van der Waals surface area contributed by atoms with Gasteiger partial charge in [-0.3, -0.25) is 9.59 Å². The molecule has 27 heavy (non-hydrogen) atoms. The summed E-state index contributed by atoms with van der Waals surface area (Å²) in [5, 5.41) is 6.76. The Morgan fingerprint density at radius 1 is 0.889 bits per heavy atom. The fourth-order valence-electron chi connectivity index (χ4n) is 2.75. The molecule has 5 nitrogen and oxygen atoms in total. The second-order valence-corrected chi connectivity index (χ2v) is 7.37. The molecule has 0 atom stereocenters. The number of para-hydroxylation sites is 1. The van der Waals surface area contributed by atoms with E-state index in [1.165, 1.54) is 4.70 Å². The first-order valence-electron chi connectivity index (χ1n) is 9.17. The molecule has 140 valence electrons. The van der Waals surface area contributed by atoms with Gasteiger partial charge in [-0.25, -0.2) is 4.98 Å². The monoisotopic (exact) mass is 381 g/mol. The number of amides is 2. The number of unbranched alkanes of at least 4 members (excludes halogenated alkanes) is 1. The van der Waals surface area contributed by atoms with Crippen molar-refractivity contribution >= 4 is 33.4 Å². The summed E-state index contributed by atoms with van der Waals surface area (Å²) in [6, 6.07) is 17.2. The van der Waals surface area contributed by atoms with E-state index < -0.39 is 0 Å². The molecule has 6 heteroatoms. The molecule has 2 amide bonds. The van der Waals surface area contributed by atoms with Crippen LogP contribution in [0, 0.1) is 0 Å². The Hall–Kier alpha value is -2.73. The molecule has 3 aromatic rings. The molecule has 1 heterocycles. The third-order valence-electron chi connectivity index (χ3n) is 4.15. The van der Waals surface area contributed by atoms with Gasteiger partial charge in [0.15, 0.2) is 0 Å². The van der Waals surface area contributed by atoms with Gasteiger partial charge >= 0.3 is 0 Å². The average Bonchev–Trinajstić information content (AvgIpc) is 3.12. The molecule has 0 aliphatic heterocycles. The standard InChI is InChI=1S/C21H23N3O2S/c25-19(22-14-15-23-21(26)16-8-2-1-3-9-16)12-6-7-13-20-24-17-10-4-5-11-18(17)27-20/h1-5,8-11H,6-7,12-15H2,(H,22,25)(H,23,26). The molecule has 0 spiro atoms. The van der Waals surface area contributed by atoms with Crippen LogP contribution >= 0.6 is 11.3 Å². The van der Waals surface area contributed by atoms with Crippen LogP contribution in [0.2, 0.25) is 0 Å². The van der Waals surface area contributed by atoms with Gasteiger partial charge in [-0.2, -0.15) is 0 Å². The van der Waals surface area contributed by atoms with Gasteiger partial charge in [0.25, 0.3) is 5.91 Å². The Morgan fingerprint density at radius 3 is 2.44 bits per heavy atom. The molecule has 1 aromatic heterocycles. The number of aryl methyl sites for hydroxylation is 1. The molecule has 0 aliphatic rings. The van der Waals surface area contributed by atoms with E-state index >= 15 is 0 Å². The summed E-state index contributed by atoms with van der Waals surface area (Å²) in [6.07, 6.45) is 3.17. The second kappa shape index (κ2) is 9.83. The zero-order valence-corrected chi connectivity index (χ0v) is 15.9. The van der Waals surface area contributed by atoms with E-state index in [2.05, 4.69) is 21.7 Å². The molecule has 0 radical (unpaired) electrons. The van der Waals surface area contributed by atoms with Crippen LogP contribution in [0.5, 0.6) is 0 Å². The van der Waals surface area contributed by atoms with Gasteiger partial charge in [0.05, 0.1) is 15.2 Å². The predicted molar refractivity (Wildman–Crippen MR) is 109 cm³/mol. The smallest absolute Gasteiger partial charge is 0.251 e. The Balaban J connectivity index is 1.27. The van der Waals surface area contributed by atoms with Crippen LogP contribution in [0.1, 0.15) is 34.6 Å². The number of nitrogens with zero attached hydrogens (tertiary/aromatic N) is 1. The van der Waals surface area contributed by atoms with Crippen molar-refractivity contribution in [2.75, 3.05) is 13.1 Å². The van der Waals surface area contributed by atoms with Crippen molar-refractivity contribution in [1.82, 2.24) is 15.6 Å². The van der Waals surface area contributed by atoms with Gasteiger partial charge in [0.1, 0.15) is 0 Å². The lowest BCUT2D eigenvalue weighted by molar-refractivity contribution is -0.121. The lowest BCUT2D eigenvalue weighted by atomic mass is 10.2. The first-order chi connectivity index (χ1) is 13.2. The van der Waals surface area contributed by atoms with Gasteiger partial charge < -0.3 is 10.6 Å². The number of carbonyl (C=O) groups excluding carboxylic acids is 2. The van der Waals surface area contributed by atoms with E-state index in [-0.39, 0.29) is 11.8 Å². The van der Waals surface area contributed by atoms with Crippen molar-refractivity contribution in [3.05, 3.63) is 65.2 Å². The summed E-state index contributed by atoms with van der Waals surface area (Å²) in [5.41, 5.74) is 1.67. The molecule has 2 aromatic carbocycles. The highest BCUT2D eigenvalue weighted by atomic mass is 32.1. The summed E-state index contributed by atoms with van der Waals surface area (Å²) >= 11 is 1.72. The molecule has 0 unspecified atom stereocenters. The lowest BCUT2D eigenvalue weighted by Crippen LogP contribution is -2.34. The largest absolute Gasteiger partial charge is 0.354 e. The third kappa shape index (κ3) is 5.89. The topological polar surface area (TPSA) is 71.1 Å². The van der Waals surface area contributed by atoms with E-state index in [1.54, 1.807) is 23.5 Å². The minimum absolute atomic E-state index is 0.0215. The zero-order valence-electron chi connectivity index (χ0n) is 15.1. The first kappa shape index (κ1) is 19.0. The summed E-state index contributed by atoms with van der Waals surface area (Å²) in [5.74, 6) is -0.103. The molecule has 0 fully saturated rings. The number of hydrogen-bond acceptors (Lipinski definition) is 4. The molecule has 3 rings (SSSR count). The van der Waals surface area contributed by atoms with E-state index in [1.807, 2.05) is 36.4 Å². The minimum atomic E-state index is -0.124. The van der Waals surface area contributed by atoms with Crippen molar-refractivity contribution in [2.45, 2.75) is 25.7 Å². The maximum Gasteiger partial charge on any atom is 0.251 e. The highest BCUT2D eigenvalue weighted by molar-refractivity contribution is 7.18. The number of hydrogen-bond donors (Lipinski definition) is 2. The first-order valence-corrected chi connectivity index (χ1v) is 9.98.